The van der Waals surface area contributed by atoms with E-state index in [0.717, 1.165) is 57.9 Å². The van der Waals surface area contributed by atoms with Gasteiger partial charge in [0.1, 0.15) is 5.82 Å². The maximum atomic E-state index is 5.95. The molecule has 2 fully saturated rings. The second-order valence-corrected chi connectivity index (χ2v) is 5.35. The standard InChI is InChI=1S/C14H22N2O3/c1-12-15-6-7-16(12)8-9-17-13-2-4-14(5-3-13)18-10-11-19-14/h6-7,13H,2-5,8-11H2,1H3. The Balaban J connectivity index is 1.39. The van der Waals surface area contributed by atoms with Crippen LogP contribution in [0.4, 0.5) is 0 Å². The smallest absolute Gasteiger partial charge is 0.168 e. The molecule has 19 heavy (non-hydrogen) atoms. The molecule has 3 rings (SSSR count). The summed E-state index contributed by atoms with van der Waals surface area (Å²) in [6.07, 6.45) is 8.15. The first-order chi connectivity index (χ1) is 9.27. The molecule has 1 aliphatic carbocycles. The molecule has 5 nitrogen and oxygen atoms in total. The van der Waals surface area contributed by atoms with Crippen LogP contribution in [0.3, 0.4) is 0 Å². The van der Waals surface area contributed by atoms with Gasteiger partial charge in [0, 0.05) is 31.8 Å². The van der Waals surface area contributed by atoms with Gasteiger partial charge in [-0.3, -0.25) is 0 Å². The molecule has 1 spiro atoms. The molecule has 2 aliphatic rings. The average molecular weight is 266 g/mol. The lowest BCUT2D eigenvalue weighted by molar-refractivity contribution is -0.191. The largest absolute Gasteiger partial charge is 0.376 e. The second-order valence-electron chi connectivity index (χ2n) is 5.35. The average Bonchev–Trinajstić information content (AvgIpc) is 3.03. The third-order valence-electron chi connectivity index (χ3n) is 4.12. The summed E-state index contributed by atoms with van der Waals surface area (Å²) in [5.74, 6) is 0.764. The van der Waals surface area contributed by atoms with Gasteiger partial charge in [-0.1, -0.05) is 0 Å². The van der Waals surface area contributed by atoms with Gasteiger partial charge in [0.2, 0.25) is 0 Å². The number of rotatable bonds is 4. The van der Waals surface area contributed by atoms with Crippen molar-refractivity contribution in [1.29, 1.82) is 0 Å². The van der Waals surface area contributed by atoms with Gasteiger partial charge in [-0.05, 0) is 19.8 Å². The van der Waals surface area contributed by atoms with E-state index in [9.17, 15) is 0 Å². The molecule has 0 amide bonds. The number of aromatic nitrogens is 2. The molecule has 1 aromatic heterocycles. The highest BCUT2D eigenvalue weighted by atomic mass is 16.7. The van der Waals surface area contributed by atoms with Crippen molar-refractivity contribution in [1.82, 2.24) is 9.55 Å². The molecule has 0 atom stereocenters. The molecule has 0 bridgehead atoms. The Kier molecular flexibility index (Phi) is 3.86. The van der Waals surface area contributed by atoms with Gasteiger partial charge in [0.15, 0.2) is 5.79 Å². The number of ether oxygens (including phenoxy) is 3. The van der Waals surface area contributed by atoms with E-state index in [0.29, 0.717) is 6.10 Å². The van der Waals surface area contributed by atoms with E-state index in [2.05, 4.69) is 9.55 Å². The topological polar surface area (TPSA) is 45.5 Å². The van der Waals surface area contributed by atoms with Gasteiger partial charge in [-0.25, -0.2) is 4.98 Å². The number of hydrogen-bond donors (Lipinski definition) is 0. The summed E-state index contributed by atoms with van der Waals surface area (Å²) in [5, 5.41) is 0. The number of nitrogens with zero attached hydrogens (tertiary/aromatic N) is 2. The summed E-state index contributed by atoms with van der Waals surface area (Å²) in [5.41, 5.74) is 0. The van der Waals surface area contributed by atoms with Crippen molar-refractivity contribution in [2.24, 2.45) is 0 Å². The van der Waals surface area contributed by atoms with Crippen LogP contribution in [-0.4, -0.2) is 41.3 Å². The summed E-state index contributed by atoms with van der Waals surface area (Å²) < 4.78 is 19.5. The van der Waals surface area contributed by atoms with E-state index in [1.165, 1.54) is 0 Å². The fraction of sp³-hybridized carbons (Fsp3) is 0.786. The van der Waals surface area contributed by atoms with Gasteiger partial charge in [-0.2, -0.15) is 0 Å². The van der Waals surface area contributed by atoms with Crippen molar-refractivity contribution in [2.45, 2.75) is 51.0 Å². The van der Waals surface area contributed by atoms with Crippen LogP contribution in [0.2, 0.25) is 0 Å². The molecule has 1 aliphatic heterocycles. The highest BCUT2D eigenvalue weighted by Crippen LogP contribution is 2.36. The highest BCUT2D eigenvalue weighted by Gasteiger charge is 2.40. The van der Waals surface area contributed by atoms with Gasteiger partial charge < -0.3 is 18.8 Å². The highest BCUT2D eigenvalue weighted by molar-refractivity contribution is 4.88. The van der Waals surface area contributed by atoms with E-state index in [-0.39, 0.29) is 5.79 Å². The molecule has 1 aromatic rings. The molecule has 1 saturated heterocycles. The van der Waals surface area contributed by atoms with Crippen LogP contribution >= 0.6 is 0 Å². The molecule has 0 N–H and O–H groups in total. The third kappa shape index (κ3) is 2.99. The molecule has 2 heterocycles. The van der Waals surface area contributed by atoms with Crippen molar-refractivity contribution >= 4 is 0 Å². The summed E-state index contributed by atoms with van der Waals surface area (Å²) >= 11 is 0. The van der Waals surface area contributed by atoms with Gasteiger partial charge in [0.25, 0.3) is 0 Å². The predicted octanol–water partition coefficient (Wildman–Crippen LogP) is 1.89. The quantitative estimate of drug-likeness (QED) is 0.835. The van der Waals surface area contributed by atoms with Crippen molar-refractivity contribution in [2.75, 3.05) is 19.8 Å². The maximum Gasteiger partial charge on any atom is 0.168 e. The Morgan fingerprint density at radius 2 is 2.11 bits per heavy atom. The maximum absolute atomic E-state index is 5.95. The third-order valence-corrected chi connectivity index (χ3v) is 4.12. The fourth-order valence-electron chi connectivity index (χ4n) is 2.94. The van der Waals surface area contributed by atoms with Crippen molar-refractivity contribution < 1.29 is 14.2 Å². The number of hydrogen-bond acceptors (Lipinski definition) is 4. The van der Waals surface area contributed by atoms with Gasteiger partial charge >= 0.3 is 0 Å². The number of aryl methyl sites for hydroxylation is 1. The van der Waals surface area contributed by atoms with Crippen LogP contribution in [0.1, 0.15) is 31.5 Å². The summed E-state index contributed by atoms with van der Waals surface area (Å²) in [7, 11) is 0. The minimum Gasteiger partial charge on any atom is -0.376 e. The lowest BCUT2D eigenvalue weighted by Gasteiger charge is -2.35. The predicted molar refractivity (Wildman–Crippen MR) is 69.8 cm³/mol. The molecule has 1 saturated carbocycles. The second kappa shape index (κ2) is 5.61. The van der Waals surface area contributed by atoms with Crippen LogP contribution < -0.4 is 0 Å². The minimum absolute atomic E-state index is 0.277. The first-order valence-corrected chi connectivity index (χ1v) is 7.15. The van der Waals surface area contributed by atoms with E-state index < -0.39 is 0 Å². The lowest BCUT2D eigenvalue weighted by atomic mass is 9.92. The van der Waals surface area contributed by atoms with Gasteiger partial charge in [-0.15, -0.1) is 0 Å². The molecule has 0 unspecified atom stereocenters. The molecule has 0 aromatic carbocycles. The van der Waals surface area contributed by atoms with Crippen LogP contribution in [0, 0.1) is 6.92 Å². The van der Waals surface area contributed by atoms with E-state index in [1.807, 2.05) is 19.3 Å². The molecule has 5 heteroatoms. The normalized spacial score (nSPS) is 23.2. The first-order valence-electron chi connectivity index (χ1n) is 7.15. The van der Waals surface area contributed by atoms with E-state index >= 15 is 0 Å². The lowest BCUT2D eigenvalue weighted by Crippen LogP contribution is -2.37. The van der Waals surface area contributed by atoms with Crippen LogP contribution in [0.15, 0.2) is 12.4 Å². The first kappa shape index (κ1) is 13.1. The Labute approximate surface area is 113 Å². The van der Waals surface area contributed by atoms with Crippen LogP contribution in [0.5, 0.6) is 0 Å². The molecular weight excluding hydrogens is 244 g/mol. The zero-order valence-electron chi connectivity index (χ0n) is 11.5. The molecular formula is C14H22N2O3. The molecule has 0 radical (unpaired) electrons. The van der Waals surface area contributed by atoms with Gasteiger partial charge in [0.05, 0.1) is 25.9 Å². The Bertz CT molecular complexity index is 403. The van der Waals surface area contributed by atoms with Crippen molar-refractivity contribution in [3.05, 3.63) is 18.2 Å². The summed E-state index contributed by atoms with van der Waals surface area (Å²) in [4.78, 5) is 4.20. The summed E-state index contributed by atoms with van der Waals surface area (Å²) in [6.45, 7) is 5.12. The Morgan fingerprint density at radius 1 is 1.37 bits per heavy atom. The monoisotopic (exact) mass is 266 g/mol. The molecule has 106 valence electrons. The minimum atomic E-state index is -0.277. The van der Waals surface area contributed by atoms with E-state index in [1.54, 1.807) is 0 Å². The fourth-order valence-corrected chi connectivity index (χ4v) is 2.94. The SMILES string of the molecule is Cc1nccn1CCOC1CCC2(CC1)OCCO2. The number of imidazole rings is 1. The summed E-state index contributed by atoms with van der Waals surface area (Å²) in [6, 6.07) is 0. The van der Waals surface area contributed by atoms with Crippen LogP contribution in [0.25, 0.3) is 0 Å². The zero-order valence-corrected chi connectivity index (χ0v) is 11.5. The zero-order chi connectivity index (χ0) is 13.1. The Hall–Kier alpha value is -0.910. The van der Waals surface area contributed by atoms with Crippen molar-refractivity contribution in [3.8, 4) is 0 Å². The van der Waals surface area contributed by atoms with E-state index in [4.69, 9.17) is 14.2 Å². The Morgan fingerprint density at radius 3 is 2.74 bits per heavy atom. The van der Waals surface area contributed by atoms with Crippen molar-refractivity contribution in [3.63, 3.8) is 0 Å². The van der Waals surface area contributed by atoms with Crippen LogP contribution in [-0.2, 0) is 20.8 Å².